The van der Waals surface area contributed by atoms with Crippen LogP contribution in [0.3, 0.4) is 0 Å². The molecule has 2 heterocycles. The fourth-order valence-electron chi connectivity index (χ4n) is 4.19. The number of hydrogen-bond acceptors (Lipinski definition) is 5. The van der Waals surface area contributed by atoms with Crippen LogP contribution >= 0.6 is 0 Å². The topological polar surface area (TPSA) is 109 Å². The minimum Gasteiger partial charge on any atom is -0.462 e. The summed E-state index contributed by atoms with van der Waals surface area (Å²) in [6.07, 6.45) is 1.18. The summed E-state index contributed by atoms with van der Waals surface area (Å²) < 4.78 is 33.4. The van der Waals surface area contributed by atoms with Crippen molar-refractivity contribution in [3.63, 3.8) is 0 Å². The van der Waals surface area contributed by atoms with Crippen molar-refractivity contribution in [2.24, 2.45) is 5.92 Å². The van der Waals surface area contributed by atoms with Gasteiger partial charge in [-0.3, -0.25) is 4.79 Å². The second-order valence-electron chi connectivity index (χ2n) is 8.21. The van der Waals surface area contributed by atoms with Gasteiger partial charge in [0.15, 0.2) is 0 Å². The van der Waals surface area contributed by atoms with Crippen LogP contribution < -0.4 is 5.32 Å². The summed E-state index contributed by atoms with van der Waals surface area (Å²) in [6.45, 7) is 7.86. The van der Waals surface area contributed by atoms with Crippen LogP contribution in [-0.2, 0) is 26.1 Å². The molecule has 0 unspecified atom stereocenters. The Balaban J connectivity index is 1.77. The van der Waals surface area contributed by atoms with E-state index in [4.69, 9.17) is 4.74 Å². The predicted molar refractivity (Wildman–Crippen MR) is 121 cm³/mol. The maximum Gasteiger partial charge on any atom is 0.341 e. The number of aromatic nitrogens is 1. The number of carbonyl (C=O) groups is 2. The standard InChI is InChI=1S/C23H31N3O5S/c1-5-31-23(28)20-16(3)25-17(4)21(20)32(29,30)26-11-7-10-19(14-26)22(27)24-13-18-9-6-8-15(2)12-18/h6,8-9,12,19,25H,5,7,10-11,13-14H2,1-4H3,(H,24,27)/t19-/m1/s1. The number of H-pyrrole nitrogens is 1. The van der Waals surface area contributed by atoms with Crippen molar-refractivity contribution < 1.29 is 22.7 Å². The van der Waals surface area contributed by atoms with Crippen molar-refractivity contribution in [3.05, 3.63) is 52.3 Å². The Morgan fingerprint density at radius 1 is 1.22 bits per heavy atom. The average Bonchev–Trinajstić information content (AvgIpc) is 3.06. The lowest BCUT2D eigenvalue weighted by atomic mass is 9.98. The minimum atomic E-state index is -3.98. The summed E-state index contributed by atoms with van der Waals surface area (Å²) in [7, 11) is -3.98. The molecule has 1 atom stereocenters. The van der Waals surface area contributed by atoms with Gasteiger partial charge in [-0.05, 0) is 46.1 Å². The normalized spacial score (nSPS) is 17.2. The van der Waals surface area contributed by atoms with E-state index in [0.29, 0.717) is 37.3 Å². The summed E-state index contributed by atoms with van der Waals surface area (Å²) in [5.74, 6) is -1.29. The molecule has 0 spiro atoms. The van der Waals surface area contributed by atoms with Crippen LogP contribution in [0.1, 0.15) is 52.6 Å². The summed E-state index contributed by atoms with van der Waals surface area (Å²) in [6, 6.07) is 7.88. The first kappa shape index (κ1) is 24.0. The molecule has 1 aliphatic rings. The maximum absolute atomic E-state index is 13.5. The number of amides is 1. The van der Waals surface area contributed by atoms with Crippen molar-refractivity contribution in [1.82, 2.24) is 14.6 Å². The number of nitrogens with zero attached hydrogens (tertiary/aromatic N) is 1. The van der Waals surface area contributed by atoms with E-state index >= 15 is 0 Å². The van der Waals surface area contributed by atoms with Gasteiger partial charge in [-0.15, -0.1) is 0 Å². The number of piperidine rings is 1. The van der Waals surface area contributed by atoms with E-state index in [0.717, 1.165) is 11.1 Å². The van der Waals surface area contributed by atoms with E-state index in [1.807, 2.05) is 31.2 Å². The van der Waals surface area contributed by atoms with Gasteiger partial charge in [0.1, 0.15) is 10.5 Å². The third-order valence-corrected chi connectivity index (χ3v) is 7.74. The molecule has 1 aliphatic heterocycles. The fraction of sp³-hybridized carbons (Fsp3) is 0.478. The van der Waals surface area contributed by atoms with Crippen LogP contribution in [0.5, 0.6) is 0 Å². The lowest BCUT2D eigenvalue weighted by Gasteiger charge is -2.31. The first-order chi connectivity index (χ1) is 15.1. The monoisotopic (exact) mass is 461 g/mol. The highest BCUT2D eigenvalue weighted by Crippen LogP contribution is 2.30. The number of benzene rings is 1. The first-order valence-corrected chi connectivity index (χ1v) is 12.3. The maximum atomic E-state index is 13.5. The number of sulfonamides is 1. The van der Waals surface area contributed by atoms with Gasteiger partial charge in [0.2, 0.25) is 15.9 Å². The van der Waals surface area contributed by atoms with E-state index in [-0.39, 0.29) is 29.5 Å². The number of hydrogen-bond donors (Lipinski definition) is 2. The van der Waals surface area contributed by atoms with Crippen molar-refractivity contribution >= 4 is 21.9 Å². The molecule has 0 saturated carbocycles. The molecule has 3 rings (SSSR count). The van der Waals surface area contributed by atoms with E-state index in [9.17, 15) is 18.0 Å². The number of aromatic amines is 1. The predicted octanol–water partition coefficient (Wildman–Crippen LogP) is 2.83. The lowest BCUT2D eigenvalue weighted by molar-refractivity contribution is -0.126. The molecule has 1 aromatic carbocycles. The van der Waals surface area contributed by atoms with Crippen LogP contribution in [0.2, 0.25) is 0 Å². The summed E-state index contributed by atoms with van der Waals surface area (Å²) in [4.78, 5) is 28.1. The van der Waals surface area contributed by atoms with E-state index in [1.165, 1.54) is 4.31 Å². The average molecular weight is 462 g/mol. The molecule has 1 saturated heterocycles. The van der Waals surface area contributed by atoms with Crippen molar-refractivity contribution in [2.45, 2.75) is 52.0 Å². The number of esters is 1. The quantitative estimate of drug-likeness (QED) is 0.617. The molecule has 0 radical (unpaired) electrons. The summed E-state index contributed by atoms with van der Waals surface area (Å²) in [5.41, 5.74) is 2.98. The Hall–Kier alpha value is -2.65. The molecule has 174 valence electrons. The van der Waals surface area contributed by atoms with Crippen LogP contribution in [0, 0.1) is 26.7 Å². The zero-order chi connectivity index (χ0) is 23.5. The Morgan fingerprint density at radius 2 is 1.97 bits per heavy atom. The third-order valence-electron chi connectivity index (χ3n) is 5.70. The van der Waals surface area contributed by atoms with Gasteiger partial charge in [0.25, 0.3) is 0 Å². The molecule has 8 nitrogen and oxygen atoms in total. The van der Waals surface area contributed by atoms with Gasteiger partial charge in [0, 0.05) is 31.0 Å². The van der Waals surface area contributed by atoms with Crippen molar-refractivity contribution in [2.75, 3.05) is 19.7 Å². The van der Waals surface area contributed by atoms with Gasteiger partial charge < -0.3 is 15.0 Å². The number of carbonyl (C=O) groups excluding carboxylic acids is 2. The molecule has 1 amide bonds. The molecule has 32 heavy (non-hydrogen) atoms. The zero-order valence-corrected chi connectivity index (χ0v) is 19.8. The number of aryl methyl sites for hydroxylation is 3. The van der Waals surface area contributed by atoms with Gasteiger partial charge in [-0.2, -0.15) is 4.31 Å². The molecular weight excluding hydrogens is 430 g/mol. The van der Waals surface area contributed by atoms with Gasteiger partial charge in [0.05, 0.1) is 12.5 Å². The Morgan fingerprint density at radius 3 is 2.66 bits per heavy atom. The van der Waals surface area contributed by atoms with Crippen LogP contribution in [0.4, 0.5) is 0 Å². The second kappa shape index (κ2) is 9.87. The smallest absolute Gasteiger partial charge is 0.341 e. The van der Waals surface area contributed by atoms with Crippen LogP contribution in [-0.4, -0.2) is 49.3 Å². The highest BCUT2D eigenvalue weighted by Gasteiger charge is 2.38. The number of ether oxygens (including phenoxy) is 1. The first-order valence-electron chi connectivity index (χ1n) is 10.8. The summed E-state index contributed by atoms with van der Waals surface area (Å²) in [5, 5.41) is 2.93. The molecule has 1 fully saturated rings. The minimum absolute atomic E-state index is 0.0374. The molecule has 9 heteroatoms. The number of nitrogens with one attached hydrogen (secondary N) is 2. The van der Waals surface area contributed by atoms with Gasteiger partial charge in [-0.25, -0.2) is 13.2 Å². The van der Waals surface area contributed by atoms with E-state index in [2.05, 4.69) is 10.3 Å². The fourth-order valence-corrected chi connectivity index (χ4v) is 6.13. The Labute approximate surface area is 189 Å². The Bertz CT molecular complexity index is 1110. The zero-order valence-electron chi connectivity index (χ0n) is 19.0. The molecule has 2 aromatic rings. The molecule has 0 aliphatic carbocycles. The highest BCUT2D eigenvalue weighted by atomic mass is 32.2. The molecular formula is C23H31N3O5S. The largest absolute Gasteiger partial charge is 0.462 e. The van der Waals surface area contributed by atoms with Gasteiger partial charge >= 0.3 is 5.97 Å². The molecule has 2 N–H and O–H groups in total. The third kappa shape index (κ3) is 5.05. The second-order valence-corrected chi connectivity index (χ2v) is 10.1. The van der Waals surface area contributed by atoms with E-state index < -0.39 is 21.9 Å². The van der Waals surface area contributed by atoms with Gasteiger partial charge in [-0.1, -0.05) is 29.8 Å². The van der Waals surface area contributed by atoms with Crippen LogP contribution in [0.15, 0.2) is 29.2 Å². The number of rotatable bonds is 7. The summed E-state index contributed by atoms with van der Waals surface area (Å²) >= 11 is 0. The molecule has 1 aromatic heterocycles. The highest BCUT2D eigenvalue weighted by molar-refractivity contribution is 7.89. The van der Waals surface area contributed by atoms with E-state index in [1.54, 1.807) is 20.8 Å². The molecule has 0 bridgehead atoms. The van der Waals surface area contributed by atoms with Crippen LogP contribution in [0.25, 0.3) is 0 Å². The van der Waals surface area contributed by atoms with Crippen molar-refractivity contribution in [1.29, 1.82) is 0 Å². The Kier molecular flexibility index (Phi) is 7.40. The lowest BCUT2D eigenvalue weighted by Crippen LogP contribution is -2.45. The SMILES string of the molecule is CCOC(=O)c1c(C)[nH]c(C)c1S(=O)(=O)N1CCC[C@@H](C(=O)NCc2cccc(C)c2)C1. The van der Waals surface area contributed by atoms with Crippen molar-refractivity contribution in [3.8, 4) is 0 Å².